The number of thiophene rings is 1. The van der Waals surface area contributed by atoms with Crippen molar-refractivity contribution in [3.8, 4) is 0 Å². The zero-order valence-corrected chi connectivity index (χ0v) is 14.4. The predicted molar refractivity (Wildman–Crippen MR) is 87.8 cm³/mol. The molecule has 3 rings (SSSR count). The predicted octanol–water partition coefficient (Wildman–Crippen LogP) is 1.36. The highest BCUT2D eigenvalue weighted by Gasteiger charge is 2.31. The molecule has 2 aliphatic heterocycles. The van der Waals surface area contributed by atoms with Gasteiger partial charge in [-0.2, -0.15) is 0 Å². The molecule has 1 saturated heterocycles. The number of hydrogen-bond acceptors (Lipinski definition) is 5. The van der Waals surface area contributed by atoms with Crippen LogP contribution in [0, 0.1) is 0 Å². The zero-order chi connectivity index (χ0) is 15.7. The van der Waals surface area contributed by atoms with E-state index in [0.29, 0.717) is 19.0 Å². The van der Waals surface area contributed by atoms with Gasteiger partial charge in [0.15, 0.2) is 9.84 Å². The van der Waals surface area contributed by atoms with Crippen LogP contribution in [-0.4, -0.2) is 49.9 Å². The summed E-state index contributed by atoms with van der Waals surface area (Å²) < 4.78 is 22.9. The van der Waals surface area contributed by atoms with Gasteiger partial charge in [-0.15, -0.1) is 11.3 Å². The van der Waals surface area contributed by atoms with E-state index in [-0.39, 0.29) is 23.5 Å². The molecule has 2 unspecified atom stereocenters. The number of carbonyl (C=O) groups excluding carboxylic acids is 1. The third-order valence-corrected chi connectivity index (χ3v) is 7.30. The van der Waals surface area contributed by atoms with Crippen LogP contribution in [0.3, 0.4) is 0 Å². The molecule has 5 nitrogen and oxygen atoms in total. The Labute approximate surface area is 135 Å². The lowest BCUT2D eigenvalue weighted by molar-refractivity contribution is -0.123. The van der Waals surface area contributed by atoms with E-state index < -0.39 is 9.84 Å². The Bertz CT molecular complexity index is 653. The number of hydrogen-bond donors (Lipinski definition) is 1. The Kier molecular flexibility index (Phi) is 4.56. The molecular formula is C15H22N2O3S2. The molecule has 7 heteroatoms. The zero-order valence-electron chi connectivity index (χ0n) is 12.7. The maximum absolute atomic E-state index is 12.2. The first-order valence-corrected chi connectivity index (χ1v) is 10.5. The molecule has 1 N–H and O–H groups in total. The van der Waals surface area contributed by atoms with Crippen molar-refractivity contribution in [3.05, 3.63) is 21.9 Å². The highest BCUT2D eigenvalue weighted by atomic mass is 32.2. The van der Waals surface area contributed by atoms with Gasteiger partial charge in [0.25, 0.3) is 0 Å². The molecule has 1 aromatic heterocycles. The van der Waals surface area contributed by atoms with Crippen molar-refractivity contribution < 1.29 is 13.2 Å². The Morgan fingerprint density at radius 2 is 2.32 bits per heavy atom. The molecule has 122 valence electrons. The van der Waals surface area contributed by atoms with Gasteiger partial charge in [-0.1, -0.05) is 6.92 Å². The van der Waals surface area contributed by atoms with Gasteiger partial charge >= 0.3 is 0 Å². The molecule has 0 radical (unpaired) electrons. The van der Waals surface area contributed by atoms with Crippen LogP contribution >= 0.6 is 11.3 Å². The van der Waals surface area contributed by atoms with Gasteiger partial charge in [-0.3, -0.25) is 9.69 Å². The summed E-state index contributed by atoms with van der Waals surface area (Å²) in [7, 11) is -2.95. The first-order valence-electron chi connectivity index (χ1n) is 7.78. The fourth-order valence-electron chi connectivity index (χ4n) is 3.48. The largest absolute Gasteiger partial charge is 0.351 e. The second-order valence-corrected chi connectivity index (χ2v) is 9.34. The number of rotatable bonds is 4. The van der Waals surface area contributed by atoms with E-state index in [1.54, 1.807) is 11.3 Å². The van der Waals surface area contributed by atoms with Gasteiger partial charge in [0, 0.05) is 23.5 Å². The highest BCUT2D eigenvalue weighted by molar-refractivity contribution is 7.91. The van der Waals surface area contributed by atoms with E-state index in [9.17, 15) is 13.2 Å². The summed E-state index contributed by atoms with van der Waals surface area (Å²) in [4.78, 5) is 15.9. The standard InChI is InChI=1S/C15H22N2O3S2/c1-2-13-12-4-7-21-14(12)3-6-17(13)9-15(18)16-11-5-8-22(19,20)10-11/h4,7,11,13H,2-3,5-6,8-10H2,1H3,(H,16,18). The van der Waals surface area contributed by atoms with Gasteiger partial charge < -0.3 is 5.32 Å². The summed E-state index contributed by atoms with van der Waals surface area (Å²) in [6, 6.07) is 2.26. The van der Waals surface area contributed by atoms with E-state index in [4.69, 9.17) is 0 Å². The second kappa shape index (κ2) is 6.29. The number of nitrogens with zero attached hydrogens (tertiary/aromatic N) is 1. The molecular weight excluding hydrogens is 320 g/mol. The van der Waals surface area contributed by atoms with Crippen LogP contribution in [0.2, 0.25) is 0 Å². The van der Waals surface area contributed by atoms with Crippen LogP contribution in [0.15, 0.2) is 11.4 Å². The lowest BCUT2D eigenvalue weighted by Gasteiger charge is -2.35. The van der Waals surface area contributed by atoms with E-state index in [1.165, 1.54) is 10.4 Å². The van der Waals surface area contributed by atoms with E-state index in [1.807, 2.05) is 0 Å². The average molecular weight is 342 g/mol. The Morgan fingerprint density at radius 3 is 3.00 bits per heavy atom. The Balaban J connectivity index is 1.60. The molecule has 0 aromatic carbocycles. The third-order valence-electron chi connectivity index (χ3n) is 4.54. The van der Waals surface area contributed by atoms with Crippen LogP contribution in [0.1, 0.15) is 36.2 Å². The number of fused-ring (bicyclic) bond motifs is 1. The van der Waals surface area contributed by atoms with Gasteiger partial charge in [-0.05, 0) is 36.3 Å². The lowest BCUT2D eigenvalue weighted by atomic mass is 9.98. The molecule has 0 bridgehead atoms. The number of amides is 1. The van der Waals surface area contributed by atoms with Crippen molar-refractivity contribution in [2.45, 2.75) is 38.3 Å². The van der Waals surface area contributed by atoms with Crippen LogP contribution in [0.25, 0.3) is 0 Å². The van der Waals surface area contributed by atoms with Gasteiger partial charge in [0.2, 0.25) is 5.91 Å². The molecule has 2 aliphatic rings. The van der Waals surface area contributed by atoms with Crippen molar-refractivity contribution in [3.63, 3.8) is 0 Å². The minimum atomic E-state index is -2.95. The smallest absolute Gasteiger partial charge is 0.234 e. The summed E-state index contributed by atoms with van der Waals surface area (Å²) in [5.41, 5.74) is 1.36. The molecule has 2 atom stereocenters. The summed E-state index contributed by atoms with van der Waals surface area (Å²) >= 11 is 1.80. The van der Waals surface area contributed by atoms with Crippen LogP contribution < -0.4 is 5.32 Å². The van der Waals surface area contributed by atoms with Crippen LogP contribution in [-0.2, 0) is 21.1 Å². The molecule has 0 aliphatic carbocycles. The van der Waals surface area contributed by atoms with Gasteiger partial charge in [0.1, 0.15) is 0 Å². The second-order valence-electron chi connectivity index (χ2n) is 6.11. The molecule has 1 aromatic rings. The topological polar surface area (TPSA) is 66.5 Å². The number of sulfone groups is 1. The highest BCUT2D eigenvalue weighted by Crippen LogP contribution is 2.34. The fourth-order valence-corrected chi connectivity index (χ4v) is 6.08. The minimum absolute atomic E-state index is 0.0563. The first-order chi connectivity index (χ1) is 10.5. The normalized spacial score (nSPS) is 27.5. The van der Waals surface area contributed by atoms with Crippen molar-refractivity contribution in [2.24, 2.45) is 0 Å². The monoisotopic (exact) mass is 342 g/mol. The summed E-state index contributed by atoms with van der Waals surface area (Å²) in [5, 5.41) is 5.01. The molecule has 0 spiro atoms. The molecule has 22 heavy (non-hydrogen) atoms. The molecule has 1 amide bonds. The number of nitrogens with one attached hydrogen (secondary N) is 1. The quantitative estimate of drug-likeness (QED) is 0.897. The van der Waals surface area contributed by atoms with E-state index in [2.05, 4.69) is 28.6 Å². The fraction of sp³-hybridized carbons (Fsp3) is 0.667. The van der Waals surface area contributed by atoms with Crippen molar-refractivity contribution in [2.75, 3.05) is 24.6 Å². The Hall–Kier alpha value is -0.920. The van der Waals surface area contributed by atoms with Gasteiger partial charge in [0.05, 0.1) is 18.1 Å². The van der Waals surface area contributed by atoms with Crippen LogP contribution in [0.4, 0.5) is 0 Å². The van der Waals surface area contributed by atoms with Crippen molar-refractivity contribution >= 4 is 27.1 Å². The maximum Gasteiger partial charge on any atom is 0.234 e. The van der Waals surface area contributed by atoms with Crippen molar-refractivity contribution in [1.82, 2.24) is 10.2 Å². The van der Waals surface area contributed by atoms with Gasteiger partial charge in [-0.25, -0.2) is 8.42 Å². The number of carbonyl (C=O) groups is 1. The summed E-state index contributed by atoms with van der Waals surface area (Å²) in [5.74, 6) is 0.224. The molecule has 3 heterocycles. The van der Waals surface area contributed by atoms with Crippen LogP contribution in [0.5, 0.6) is 0 Å². The SMILES string of the molecule is CCC1c2ccsc2CCN1CC(=O)NC1CCS(=O)(=O)C1. The minimum Gasteiger partial charge on any atom is -0.351 e. The summed E-state index contributed by atoms with van der Waals surface area (Å²) in [6.07, 6.45) is 2.52. The molecule has 0 saturated carbocycles. The van der Waals surface area contributed by atoms with E-state index in [0.717, 1.165) is 19.4 Å². The third kappa shape index (κ3) is 3.36. The average Bonchev–Trinajstić information content (AvgIpc) is 3.04. The maximum atomic E-state index is 12.2. The lowest BCUT2D eigenvalue weighted by Crippen LogP contribution is -2.45. The van der Waals surface area contributed by atoms with E-state index >= 15 is 0 Å². The molecule has 1 fully saturated rings. The first kappa shape index (κ1) is 16.0. The summed E-state index contributed by atoms with van der Waals surface area (Å²) in [6.45, 7) is 3.39. The van der Waals surface area contributed by atoms with Crippen molar-refractivity contribution in [1.29, 1.82) is 0 Å². The Morgan fingerprint density at radius 1 is 1.50 bits per heavy atom.